The summed E-state index contributed by atoms with van der Waals surface area (Å²) in [5.74, 6) is 1.57. The number of aromatic nitrogens is 2. The minimum Gasteiger partial charge on any atom is -0.256 e. The van der Waals surface area contributed by atoms with Crippen LogP contribution in [0.15, 0.2) is 54.2 Å². The molecule has 3 nitrogen and oxygen atoms in total. The molecule has 3 atom stereocenters. The fourth-order valence-electron chi connectivity index (χ4n) is 3.75. The van der Waals surface area contributed by atoms with Crippen LogP contribution in [0.25, 0.3) is 17.2 Å². The van der Waals surface area contributed by atoms with Gasteiger partial charge in [0, 0.05) is 28.1 Å². The number of benzene rings is 1. The molecule has 0 amide bonds. The maximum atomic E-state index is 9.28. The Kier molecular flexibility index (Phi) is 4.87. The Morgan fingerprint density at radius 3 is 2.78 bits per heavy atom. The number of hydrogen-bond acceptors (Lipinski definition) is 4. The fourth-order valence-corrected chi connectivity index (χ4v) is 4.71. The van der Waals surface area contributed by atoms with Gasteiger partial charge in [-0.3, -0.25) is 4.98 Å². The van der Waals surface area contributed by atoms with E-state index < -0.39 is 0 Å². The molecule has 0 saturated carbocycles. The highest BCUT2D eigenvalue weighted by Gasteiger charge is 2.31. The third kappa shape index (κ3) is 3.43. The highest BCUT2D eigenvalue weighted by Crippen LogP contribution is 2.41. The molecule has 4 rings (SSSR count). The van der Waals surface area contributed by atoms with Crippen molar-refractivity contribution in [2.24, 2.45) is 11.8 Å². The molecule has 27 heavy (non-hydrogen) atoms. The second kappa shape index (κ2) is 7.46. The number of allylic oxidation sites excluding steroid dienone is 1. The zero-order valence-electron chi connectivity index (χ0n) is 15.5. The van der Waals surface area contributed by atoms with Crippen molar-refractivity contribution in [3.05, 3.63) is 76.0 Å². The number of pyridine rings is 1. The molecule has 0 spiro atoms. The summed E-state index contributed by atoms with van der Waals surface area (Å²) in [6.45, 7) is 4.64. The van der Waals surface area contributed by atoms with Crippen LogP contribution in [-0.4, -0.2) is 9.97 Å². The van der Waals surface area contributed by atoms with Crippen molar-refractivity contribution in [2.75, 3.05) is 0 Å². The van der Waals surface area contributed by atoms with E-state index in [9.17, 15) is 5.26 Å². The summed E-state index contributed by atoms with van der Waals surface area (Å²) in [7, 11) is 0. The smallest absolute Gasteiger partial charge is 0.0998 e. The lowest BCUT2D eigenvalue weighted by molar-refractivity contribution is 0.331. The van der Waals surface area contributed by atoms with Gasteiger partial charge in [-0.25, -0.2) is 4.98 Å². The average Bonchev–Trinajstić information content (AvgIpc) is 3.16. The summed E-state index contributed by atoms with van der Waals surface area (Å²) in [6, 6.07) is 13.9. The van der Waals surface area contributed by atoms with E-state index >= 15 is 0 Å². The molecule has 0 fully saturated rings. The van der Waals surface area contributed by atoms with E-state index in [4.69, 9.17) is 0 Å². The molecule has 4 heteroatoms. The Hall–Kier alpha value is -2.77. The van der Waals surface area contributed by atoms with Crippen LogP contribution in [0.1, 0.15) is 41.6 Å². The van der Waals surface area contributed by atoms with E-state index in [0.717, 1.165) is 23.2 Å². The van der Waals surface area contributed by atoms with Gasteiger partial charge < -0.3 is 0 Å². The quantitative estimate of drug-likeness (QED) is 0.593. The standard InChI is InChI=1S/C23H21N3S/c1-15-11-22-23(26-14-27-22)20(16(15)2)10-9-19-8-7-18(13-25-19)21-6-4-3-5-17(21)12-24/h3-10,13-16,20H,11H2,1-2H3/b10-9+/t15-,16+,20-/m0/s1. The van der Waals surface area contributed by atoms with Gasteiger partial charge in [0.25, 0.3) is 0 Å². The average molecular weight is 372 g/mol. The lowest BCUT2D eigenvalue weighted by Crippen LogP contribution is -2.24. The molecule has 1 aliphatic rings. The zero-order chi connectivity index (χ0) is 18.8. The van der Waals surface area contributed by atoms with Crippen LogP contribution >= 0.6 is 11.3 Å². The number of nitrogens with zero attached hydrogens (tertiary/aromatic N) is 3. The summed E-state index contributed by atoms with van der Waals surface area (Å²) >= 11 is 1.77. The Balaban J connectivity index is 1.58. The topological polar surface area (TPSA) is 49.6 Å². The Morgan fingerprint density at radius 2 is 2.00 bits per heavy atom. The van der Waals surface area contributed by atoms with Crippen LogP contribution in [0.2, 0.25) is 0 Å². The number of nitriles is 1. The first-order chi connectivity index (χ1) is 13.2. The van der Waals surface area contributed by atoms with Crippen molar-refractivity contribution >= 4 is 17.4 Å². The van der Waals surface area contributed by atoms with Crippen LogP contribution < -0.4 is 0 Å². The normalized spacial score (nSPS) is 21.7. The zero-order valence-corrected chi connectivity index (χ0v) is 16.3. The van der Waals surface area contributed by atoms with Gasteiger partial charge in [-0.15, -0.1) is 11.3 Å². The second-order valence-corrected chi connectivity index (χ2v) is 8.15. The van der Waals surface area contributed by atoms with Crippen molar-refractivity contribution in [3.8, 4) is 17.2 Å². The van der Waals surface area contributed by atoms with E-state index in [0.29, 0.717) is 23.3 Å². The lowest BCUT2D eigenvalue weighted by Gasteiger charge is -2.31. The molecular weight excluding hydrogens is 350 g/mol. The summed E-state index contributed by atoms with van der Waals surface area (Å²) in [5, 5.41) is 9.28. The molecule has 2 aromatic heterocycles. The first-order valence-corrected chi connectivity index (χ1v) is 10.1. The monoisotopic (exact) mass is 371 g/mol. The molecule has 1 aromatic carbocycles. The van der Waals surface area contributed by atoms with E-state index in [1.807, 2.05) is 48.1 Å². The third-order valence-corrected chi connectivity index (χ3v) is 6.45. The first-order valence-electron chi connectivity index (χ1n) is 9.23. The summed E-state index contributed by atoms with van der Waals surface area (Å²) < 4.78 is 0. The molecule has 0 radical (unpaired) electrons. The van der Waals surface area contributed by atoms with Crippen molar-refractivity contribution in [1.29, 1.82) is 5.26 Å². The van der Waals surface area contributed by atoms with E-state index in [2.05, 4.69) is 42.0 Å². The minimum absolute atomic E-state index is 0.343. The number of thiazole rings is 1. The van der Waals surface area contributed by atoms with Crippen molar-refractivity contribution < 1.29 is 0 Å². The maximum Gasteiger partial charge on any atom is 0.0998 e. The summed E-state index contributed by atoms with van der Waals surface area (Å²) in [5.41, 5.74) is 6.69. The van der Waals surface area contributed by atoms with Gasteiger partial charge in [-0.1, -0.05) is 44.2 Å². The molecule has 0 aliphatic heterocycles. The van der Waals surface area contributed by atoms with Gasteiger partial charge in [0.1, 0.15) is 0 Å². The number of hydrogen-bond donors (Lipinski definition) is 0. The van der Waals surface area contributed by atoms with Crippen LogP contribution in [0.3, 0.4) is 0 Å². The van der Waals surface area contributed by atoms with Crippen LogP contribution in [0.4, 0.5) is 0 Å². The van der Waals surface area contributed by atoms with Gasteiger partial charge in [0.15, 0.2) is 0 Å². The van der Waals surface area contributed by atoms with Gasteiger partial charge in [-0.05, 0) is 36.5 Å². The molecule has 134 valence electrons. The molecule has 0 unspecified atom stereocenters. The predicted molar refractivity (Wildman–Crippen MR) is 110 cm³/mol. The number of rotatable bonds is 3. The van der Waals surface area contributed by atoms with Crippen LogP contribution in [0, 0.1) is 23.2 Å². The molecule has 0 N–H and O–H groups in total. The van der Waals surface area contributed by atoms with Gasteiger partial charge in [-0.2, -0.15) is 5.26 Å². The maximum absolute atomic E-state index is 9.28. The third-order valence-electron chi connectivity index (χ3n) is 5.58. The van der Waals surface area contributed by atoms with Crippen LogP contribution in [-0.2, 0) is 6.42 Å². The Bertz CT molecular complexity index is 1010. The Labute approximate surface area is 164 Å². The molecule has 2 heterocycles. The largest absolute Gasteiger partial charge is 0.256 e. The highest BCUT2D eigenvalue weighted by molar-refractivity contribution is 7.09. The SMILES string of the molecule is C[C@H]1[C@H](/C=C/c2ccc(-c3ccccc3C#N)cn2)c2ncsc2C[C@@H]1C. The van der Waals surface area contributed by atoms with E-state index in [1.165, 1.54) is 10.6 Å². The second-order valence-electron chi connectivity index (χ2n) is 7.22. The van der Waals surface area contributed by atoms with Crippen molar-refractivity contribution in [3.63, 3.8) is 0 Å². The van der Waals surface area contributed by atoms with E-state index in [1.54, 1.807) is 11.3 Å². The predicted octanol–water partition coefficient (Wildman–Crippen LogP) is 5.70. The van der Waals surface area contributed by atoms with Gasteiger partial charge in [0.05, 0.1) is 28.5 Å². The van der Waals surface area contributed by atoms with E-state index in [-0.39, 0.29) is 0 Å². The van der Waals surface area contributed by atoms with Crippen molar-refractivity contribution in [2.45, 2.75) is 26.2 Å². The highest BCUT2D eigenvalue weighted by atomic mass is 32.1. The van der Waals surface area contributed by atoms with Crippen LogP contribution in [0.5, 0.6) is 0 Å². The Morgan fingerprint density at radius 1 is 1.15 bits per heavy atom. The first kappa shape index (κ1) is 17.6. The lowest BCUT2D eigenvalue weighted by atomic mass is 9.75. The van der Waals surface area contributed by atoms with Gasteiger partial charge >= 0.3 is 0 Å². The number of fused-ring (bicyclic) bond motifs is 1. The van der Waals surface area contributed by atoms with Crippen molar-refractivity contribution in [1.82, 2.24) is 9.97 Å². The molecule has 0 bridgehead atoms. The molecule has 3 aromatic rings. The fraction of sp³-hybridized carbons (Fsp3) is 0.261. The molecule has 0 saturated heterocycles. The summed E-state index contributed by atoms with van der Waals surface area (Å²) in [4.78, 5) is 10.6. The molecule has 1 aliphatic carbocycles. The minimum atomic E-state index is 0.343. The summed E-state index contributed by atoms with van der Waals surface area (Å²) in [6.07, 6.45) is 7.33. The van der Waals surface area contributed by atoms with Gasteiger partial charge in [0.2, 0.25) is 0 Å². The molecular formula is C23H21N3S.